The molecule has 142 valence electrons. The summed E-state index contributed by atoms with van der Waals surface area (Å²) in [5.41, 5.74) is 1.01. The number of thioether (sulfide) groups is 1. The Balaban J connectivity index is 2.12. The second-order valence-corrected chi connectivity index (χ2v) is 7.37. The molecule has 3 rings (SSSR count). The van der Waals surface area contributed by atoms with E-state index in [4.69, 9.17) is 4.74 Å². The van der Waals surface area contributed by atoms with Gasteiger partial charge in [-0.2, -0.15) is 4.98 Å². The number of hydrogen-bond acceptors (Lipinski definition) is 5. The first-order chi connectivity index (χ1) is 13.1. The van der Waals surface area contributed by atoms with Crippen LogP contribution in [0.5, 0.6) is 5.75 Å². The van der Waals surface area contributed by atoms with Gasteiger partial charge in [0.1, 0.15) is 18.2 Å². The van der Waals surface area contributed by atoms with E-state index in [-0.39, 0.29) is 17.9 Å². The number of benzene rings is 1. The third-order valence-electron chi connectivity index (χ3n) is 4.39. The molecule has 6 nitrogen and oxygen atoms in total. The van der Waals surface area contributed by atoms with Crippen molar-refractivity contribution < 1.29 is 9.53 Å². The molecule has 27 heavy (non-hydrogen) atoms. The van der Waals surface area contributed by atoms with Crippen molar-refractivity contribution in [2.45, 2.75) is 30.8 Å². The number of hydrogen-bond donors (Lipinski definition) is 1. The number of carbonyl (C=O) groups is 1. The van der Waals surface area contributed by atoms with E-state index < -0.39 is 5.92 Å². The SMILES string of the molecule is C=CCOc1ccccc1C1CC(=O)Nc2c1c(=O)nc(SCCC)n2C. The summed E-state index contributed by atoms with van der Waals surface area (Å²) in [6.45, 7) is 6.09. The van der Waals surface area contributed by atoms with Crippen LogP contribution >= 0.6 is 11.8 Å². The van der Waals surface area contributed by atoms with E-state index in [0.717, 1.165) is 17.7 Å². The van der Waals surface area contributed by atoms with Crippen molar-refractivity contribution in [1.82, 2.24) is 9.55 Å². The van der Waals surface area contributed by atoms with Crippen molar-refractivity contribution in [3.63, 3.8) is 0 Å². The van der Waals surface area contributed by atoms with Gasteiger partial charge >= 0.3 is 0 Å². The summed E-state index contributed by atoms with van der Waals surface area (Å²) < 4.78 is 7.55. The molecule has 0 saturated carbocycles. The summed E-state index contributed by atoms with van der Waals surface area (Å²) in [6, 6.07) is 7.48. The first kappa shape index (κ1) is 19.2. The van der Waals surface area contributed by atoms with Gasteiger partial charge in [0, 0.05) is 30.7 Å². The number of nitrogens with one attached hydrogen (secondary N) is 1. The van der Waals surface area contributed by atoms with Crippen LogP contribution in [0.15, 0.2) is 46.9 Å². The zero-order valence-corrected chi connectivity index (χ0v) is 16.3. The van der Waals surface area contributed by atoms with Crippen LogP contribution in [0.4, 0.5) is 5.82 Å². The summed E-state index contributed by atoms with van der Waals surface area (Å²) in [5.74, 6) is 1.50. The zero-order chi connectivity index (χ0) is 19.4. The number of carbonyl (C=O) groups excluding carboxylic acids is 1. The van der Waals surface area contributed by atoms with Crippen LogP contribution in [-0.4, -0.2) is 27.8 Å². The fraction of sp³-hybridized carbons (Fsp3) is 0.350. The molecular weight excluding hydrogens is 362 g/mol. The number of amides is 1. The Morgan fingerprint density at radius 3 is 2.93 bits per heavy atom. The van der Waals surface area contributed by atoms with E-state index in [9.17, 15) is 9.59 Å². The fourth-order valence-corrected chi connectivity index (χ4v) is 3.99. The Hall–Kier alpha value is -2.54. The maximum atomic E-state index is 12.9. The normalized spacial score (nSPS) is 15.8. The molecule has 7 heteroatoms. The molecule has 1 amide bonds. The van der Waals surface area contributed by atoms with E-state index in [1.807, 2.05) is 31.3 Å². The standard InChI is InChI=1S/C20H23N3O3S/c1-4-10-26-15-9-7-6-8-13(15)14-12-16(24)21-18-17(14)19(25)22-20(23(18)3)27-11-5-2/h4,6-9,14H,1,5,10-12H2,2-3H3,(H,21,24). The van der Waals surface area contributed by atoms with Crippen LogP contribution in [0, 0.1) is 0 Å². The van der Waals surface area contributed by atoms with Crippen molar-refractivity contribution >= 4 is 23.5 Å². The fourth-order valence-electron chi connectivity index (χ4n) is 3.17. The Bertz CT molecular complexity index is 923. The van der Waals surface area contributed by atoms with Crippen LogP contribution in [-0.2, 0) is 11.8 Å². The van der Waals surface area contributed by atoms with Crippen molar-refractivity contribution in [2.75, 3.05) is 17.7 Å². The lowest BCUT2D eigenvalue weighted by molar-refractivity contribution is -0.116. The Kier molecular flexibility index (Phi) is 6.01. The minimum Gasteiger partial charge on any atom is -0.489 e. The van der Waals surface area contributed by atoms with E-state index in [1.54, 1.807) is 10.6 Å². The number of fused-ring (bicyclic) bond motifs is 1. The van der Waals surface area contributed by atoms with E-state index in [1.165, 1.54) is 11.8 Å². The van der Waals surface area contributed by atoms with Gasteiger partial charge in [0.05, 0.1) is 5.56 Å². The molecule has 1 atom stereocenters. The molecule has 0 spiro atoms. The summed E-state index contributed by atoms with van der Waals surface area (Å²) in [5, 5.41) is 3.47. The maximum absolute atomic E-state index is 12.9. The summed E-state index contributed by atoms with van der Waals surface area (Å²) in [6.07, 6.45) is 2.82. The number of anilines is 1. The molecule has 0 bridgehead atoms. The molecule has 2 aromatic rings. The first-order valence-electron chi connectivity index (χ1n) is 8.93. The second kappa shape index (κ2) is 8.43. The Morgan fingerprint density at radius 1 is 1.41 bits per heavy atom. The molecule has 2 heterocycles. The van der Waals surface area contributed by atoms with Gasteiger partial charge in [0.25, 0.3) is 5.56 Å². The second-order valence-electron chi connectivity index (χ2n) is 6.31. The van der Waals surface area contributed by atoms with Crippen LogP contribution < -0.4 is 15.6 Å². The molecule has 0 saturated heterocycles. The summed E-state index contributed by atoms with van der Waals surface area (Å²) in [4.78, 5) is 29.6. The molecule has 0 fully saturated rings. The van der Waals surface area contributed by atoms with Crippen LogP contribution in [0.25, 0.3) is 0 Å². The Morgan fingerprint density at radius 2 is 2.19 bits per heavy atom. The lowest BCUT2D eigenvalue weighted by Crippen LogP contribution is -2.33. The van der Waals surface area contributed by atoms with Crippen LogP contribution in [0.2, 0.25) is 0 Å². The van der Waals surface area contributed by atoms with E-state index in [2.05, 4.69) is 23.8 Å². The highest BCUT2D eigenvalue weighted by Gasteiger charge is 2.33. The molecule has 1 aromatic heterocycles. The number of nitrogens with zero attached hydrogens (tertiary/aromatic N) is 2. The van der Waals surface area contributed by atoms with Crippen LogP contribution in [0.1, 0.15) is 36.8 Å². The van der Waals surface area contributed by atoms with Gasteiger partial charge in [-0.3, -0.25) is 9.59 Å². The van der Waals surface area contributed by atoms with Gasteiger partial charge in [-0.15, -0.1) is 0 Å². The summed E-state index contributed by atoms with van der Waals surface area (Å²) >= 11 is 1.51. The van der Waals surface area contributed by atoms with Crippen molar-refractivity contribution in [3.05, 3.63) is 58.4 Å². The number of aromatic nitrogens is 2. The third kappa shape index (κ3) is 3.93. The number of rotatable bonds is 7. The number of para-hydroxylation sites is 1. The average molecular weight is 385 g/mol. The van der Waals surface area contributed by atoms with Gasteiger partial charge in [-0.1, -0.05) is 49.5 Å². The van der Waals surface area contributed by atoms with Gasteiger partial charge in [-0.05, 0) is 12.5 Å². The van der Waals surface area contributed by atoms with E-state index >= 15 is 0 Å². The average Bonchev–Trinajstić information content (AvgIpc) is 2.67. The maximum Gasteiger partial charge on any atom is 0.279 e. The van der Waals surface area contributed by atoms with Crippen LogP contribution in [0.3, 0.4) is 0 Å². The zero-order valence-electron chi connectivity index (χ0n) is 15.5. The Labute approximate surface area is 162 Å². The molecule has 1 aromatic carbocycles. The van der Waals surface area contributed by atoms with Crippen molar-refractivity contribution in [1.29, 1.82) is 0 Å². The van der Waals surface area contributed by atoms with Crippen molar-refractivity contribution in [2.24, 2.45) is 7.05 Å². The molecule has 1 aliphatic heterocycles. The van der Waals surface area contributed by atoms with Gasteiger partial charge in [-0.25, -0.2) is 0 Å². The van der Waals surface area contributed by atoms with Gasteiger partial charge < -0.3 is 14.6 Å². The van der Waals surface area contributed by atoms with Crippen molar-refractivity contribution in [3.8, 4) is 5.75 Å². The third-order valence-corrected chi connectivity index (χ3v) is 5.62. The largest absolute Gasteiger partial charge is 0.489 e. The monoisotopic (exact) mass is 385 g/mol. The molecular formula is C20H23N3O3S. The van der Waals surface area contributed by atoms with E-state index in [0.29, 0.717) is 28.9 Å². The molecule has 0 aliphatic carbocycles. The predicted molar refractivity (Wildman–Crippen MR) is 108 cm³/mol. The predicted octanol–water partition coefficient (Wildman–Crippen LogP) is 3.32. The van der Waals surface area contributed by atoms with Gasteiger partial charge in [0.2, 0.25) is 5.91 Å². The number of ether oxygens (including phenoxy) is 1. The molecule has 1 unspecified atom stereocenters. The topological polar surface area (TPSA) is 73.2 Å². The first-order valence-corrected chi connectivity index (χ1v) is 9.91. The minimum atomic E-state index is -0.397. The molecule has 1 aliphatic rings. The highest BCUT2D eigenvalue weighted by Crippen LogP contribution is 2.39. The quantitative estimate of drug-likeness (QED) is 0.450. The summed E-state index contributed by atoms with van der Waals surface area (Å²) in [7, 11) is 1.83. The lowest BCUT2D eigenvalue weighted by atomic mass is 9.86. The molecule has 0 radical (unpaired) electrons. The minimum absolute atomic E-state index is 0.126. The smallest absolute Gasteiger partial charge is 0.279 e. The van der Waals surface area contributed by atoms with Gasteiger partial charge in [0.15, 0.2) is 5.16 Å². The lowest BCUT2D eigenvalue weighted by Gasteiger charge is -2.28. The molecule has 1 N–H and O–H groups in total. The highest BCUT2D eigenvalue weighted by atomic mass is 32.2. The highest BCUT2D eigenvalue weighted by molar-refractivity contribution is 7.99.